The van der Waals surface area contributed by atoms with Gasteiger partial charge in [0.05, 0.1) is 23.7 Å². The number of aliphatic carboxylic acids is 2. The number of esters is 2. The normalized spacial score (nSPS) is 41.8. The summed E-state index contributed by atoms with van der Waals surface area (Å²) in [4.78, 5) is 48.6. The average Bonchev–Trinajstić information content (AvgIpc) is 3.30. The molecule has 4 aliphatic rings. The van der Waals surface area contributed by atoms with E-state index in [0.29, 0.717) is 25.7 Å². The molecule has 4 saturated carbocycles. The van der Waals surface area contributed by atoms with Crippen molar-refractivity contribution in [2.45, 2.75) is 25.7 Å². The number of allylic oxidation sites excluding steroid dienone is 2. The van der Waals surface area contributed by atoms with Crippen LogP contribution in [-0.2, 0) is 23.9 Å². The molecule has 0 amide bonds. The Hall–Kier alpha value is -2.44. The van der Waals surface area contributed by atoms with Gasteiger partial charge in [-0.15, -0.1) is 0 Å². The van der Waals surface area contributed by atoms with Crippen molar-refractivity contribution in [3.05, 3.63) is 24.3 Å². The van der Waals surface area contributed by atoms with E-state index in [-0.39, 0.29) is 23.7 Å². The molecule has 144 valence electrons. The van der Waals surface area contributed by atoms with Gasteiger partial charge >= 0.3 is 23.9 Å². The molecule has 0 spiro atoms. The van der Waals surface area contributed by atoms with E-state index in [1.165, 1.54) is 0 Å². The van der Waals surface area contributed by atoms with Crippen molar-refractivity contribution < 1.29 is 34.1 Å². The zero-order chi connectivity index (χ0) is 19.6. The van der Waals surface area contributed by atoms with Gasteiger partial charge in [-0.3, -0.25) is 19.2 Å². The molecule has 0 radical (unpaired) electrons. The minimum atomic E-state index is -1.09. The van der Waals surface area contributed by atoms with Gasteiger partial charge < -0.3 is 14.9 Å². The summed E-state index contributed by atoms with van der Waals surface area (Å²) in [5, 5.41) is 19.1. The molecule has 8 atom stereocenters. The lowest BCUT2D eigenvalue weighted by molar-refractivity contribution is -0.174. The van der Waals surface area contributed by atoms with Gasteiger partial charge in [-0.05, 0) is 49.4 Å². The Labute approximate surface area is 156 Å². The van der Waals surface area contributed by atoms with Crippen molar-refractivity contribution in [2.75, 3.05) is 0 Å². The summed E-state index contributed by atoms with van der Waals surface area (Å²) < 4.78 is 5.09. The van der Waals surface area contributed by atoms with E-state index >= 15 is 0 Å². The molecule has 7 nitrogen and oxygen atoms in total. The smallest absolute Gasteiger partial charge is 0.317 e. The maximum atomic E-state index is 12.7. The van der Waals surface area contributed by atoms with Crippen LogP contribution in [0, 0.1) is 47.3 Å². The number of rotatable bonds is 4. The van der Waals surface area contributed by atoms with Crippen molar-refractivity contribution in [1.29, 1.82) is 0 Å². The van der Waals surface area contributed by atoms with E-state index in [4.69, 9.17) is 4.74 Å². The molecule has 4 aliphatic carbocycles. The summed E-state index contributed by atoms with van der Waals surface area (Å²) in [6.07, 6.45) is 2.26. The zero-order valence-corrected chi connectivity index (χ0v) is 14.8. The van der Waals surface area contributed by atoms with Gasteiger partial charge in [0.25, 0.3) is 0 Å². The van der Waals surface area contributed by atoms with Crippen LogP contribution >= 0.6 is 0 Å². The minimum absolute atomic E-state index is 0.182. The highest BCUT2D eigenvalue weighted by Crippen LogP contribution is 2.57. The fourth-order valence-electron chi connectivity index (χ4n) is 6.13. The third kappa shape index (κ3) is 2.55. The topological polar surface area (TPSA) is 118 Å². The van der Waals surface area contributed by atoms with Crippen LogP contribution < -0.4 is 0 Å². The predicted molar refractivity (Wildman–Crippen MR) is 91.0 cm³/mol. The first-order chi connectivity index (χ1) is 12.7. The number of hydrogen-bond acceptors (Lipinski definition) is 5. The first-order valence-corrected chi connectivity index (χ1v) is 9.27. The number of carboxylic acid groups (broad SMARTS) is 2. The van der Waals surface area contributed by atoms with Crippen molar-refractivity contribution in [1.82, 2.24) is 0 Å². The van der Waals surface area contributed by atoms with Crippen molar-refractivity contribution in [3.63, 3.8) is 0 Å². The van der Waals surface area contributed by atoms with Crippen molar-refractivity contribution in [3.8, 4) is 0 Å². The molecule has 4 unspecified atom stereocenters. The lowest BCUT2D eigenvalue weighted by Gasteiger charge is -2.30. The van der Waals surface area contributed by atoms with Crippen LogP contribution in [0.3, 0.4) is 0 Å². The summed E-state index contributed by atoms with van der Waals surface area (Å²) in [7, 11) is 0. The molecule has 4 rings (SSSR count). The monoisotopic (exact) mass is 374 g/mol. The molecular formula is C20H22O7. The third-order valence-electron chi connectivity index (χ3n) is 7.18. The number of fused-ring (bicyclic) bond motifs is 4. The summed E-state index contributed by atoms with van der Waals surface area (Å²) in [5.74, 6) is -8.34. The van der Waals surface area contributed by atoms with Gasteiger partial charge in [-0.1, -0.05) is 24.3 Å². The van der Waals surface area contributed by atoms with Crippen LogP contribution in [0.15, 0.2) is 24.3 Å². The molecule has 0 aromatic carbocycles. The second-order valence-corrected chi connectivity index (χ2v) is 8.45. The zero-order valence-electron chi connectivity index (χ0n) is 14.8. The lowest BCUT2D eigenvalue weighted by atomic mass is 9.76. The standard InChI is InChI=1S/C20H22O7/c1-7-3-9-5-11(7)15(17(21)22)13(9)19(25)27-20(26)14-10-4-8(2)12(6-10)16(14)18(23)24/h9-16H,1-6H2,(H,21,22)(H,23,24)/t9-,10?,11-,12?,13-,14?,15+,16?/m0/s1. The lowest BCUT2D eigenvalue weighted by Crippen LogP contribution is -2.41. The minimum Gasteiger partial charge on any atom is -0.481 e. The van der Waals surface area contributed by atoms with Gasteiger partial charge in [0.1, 0.15) is 0 Å². The maximum absolute atomic E-state index is 12.7. The number of carboxylic acids is 2. The summed E-state index contributed by atoms with van der Waals surface area (Å²) in [6.45, 7) is 7.79. The van der Waals surface area contributed by atoms with Crippen LogP contribution in [0.1, 0.15) is 25.7 Å². The molecular weight excluding hydrogens is 352 g/mol. The second kappa shape index (κ2) is 6.04. The molecule has 4 bridgehead atoms. The Kier molecular flexibility index (Phi) is 4.01. The van der Waals surface area contributed by atoms with Crippen LogP contribution in [-0.4, -0.2) is 34.1 Å². The number of ether oxygens (including phenoxy) is 1. The molecule has 0 aromatic rings. The maximum Gasteiger partial charge on any atom is 0.317 e. The van der Waals surface area contributed by atoms with Crippen LogP contribution in [0.25, 0.3) is 0 Å². The largest absolute Gasteiger partial charge is 0.481 e. The molecule has 0 aromatic heterocycles. The predicted octanol–water partition coefficient (Wildman–Crippen LogP) is 1.88. The molecule has 27 heavy (non-hydrogen) atoms. The van der Waals surface area contributed by atoms with E-state index in [1.807, 2.05) is 0 Å². The highest BCUT2D eigenvalue weighted by Gasteiger charge is 2.59. The van der Waals surface area contributed by atoms with Crippen molar-refractivity contribution in [2.24, 2.45) is 47.3 Å². The second-order valence-electron chi connectivity index (χ2n) is 8.45. The Morgan fingerprint density at radius 1 is 0.741 bits per heavy atom. The van der Waals surface area contributed by atoms with E-state index < -0.39 is 47.5 Å². The Morgan fingerprint density at radius 3 is 1.44 bits per heavy atom. The summed E-state index contributed by atoms with van der Waals surface area (Å²) in [5.41, 5.74) is 1.67. The Balaban J connectivity index is 1.51. The SMILES string of the molecule is C=C1CC2CC1C(C(=O)O)C2C(=O)OC(=O)[C@H]1[C@H]2CC(=C)[C@H](C2)[C@H]1C(=O)O. The fourth-order valence-corrected chi connectivity index (χ4v) is 6.13. The van der Waals surface area contributed by atoms with Crippen molar-refractivity contribution >= 4 is 23.9 Å². The van der Waals surface area contributed by atoms with E-state index in [9.17, 15) is 29.4 Å². The van der Waals surface area contributed by atoms with Gasteiger partial charge in [-0.25, -0.2) is 0 Å². The van der Waals surface area contributed by atoms with Gasteiger partial charge in [-0.2, -0.15) is 0 Å². The fraction of sp³-hybridized carbons (Fsp3) is 0.600. The summed E-state index contributed by atoms with van der Waals surface area (Å²) in [6, 6.07) is 0. The quantitative estimate of drug-likeness (QED) is 0.438. The Bertz CT molecular complexity index is 717. The average molecular weight is 374 g/mol. The van der Waals surface area contributed by atoms with Crippen LogP contribution in [0.4, 0.5) is 0 Å². The molecule has 0 saturated heterocycles. The van der Waals surface area contributed by atoms with Crippen LogP contribution in [0.5, 0.6) is 0 Å². The van der Waals surface area contributed by atoms with E-state index in [0.717, 1.165) is 11.1 Å². The number of carbonyl (C=O) groups excluding carboxylic acids is 2. The first kappa shape index (κ1) is 17.9. The first-order valence-electron chi connectivity index (χ1n) is 9.27. The van der Waals surface area contributed by atoms with Gasteiger partial charge in [0.15, 0.2) is 0 Å². The van der Waals surface area contributed by atoms with E-state index in [1.54, 1.807) is 0 Å². The number of hydrogen-bond donors (Lipinski definition) is 2. The molecule has 0 aliphatic heterocycles. The number of carbonyl (C=O) groups is 4. The third-order valence-corrected chi connectivity index (χ3v) is 7.18. The molecule has 0 heterocycles. The molecule has 4 fully saturated rings. The summed E-state index contributed by atoms with van der Waals surface area (Å²) >= 11 is 0. The van der Waals surface area contributed by atoms with Gasteiger partial charge in [0.2, 0.25) is 0 Å². The highest BCUT2D eigenvalue weighted by atomic mass is 16.6. The van der Waals surface area contributed by atoms with Gasteiger partial charge in [0, 0.05) is 0 Å². The molecule has 7 heteroatoms. The highest BCUT2D eigenvalue weighted by molar-refractivity contribution is 5.93. The Morgan fingerprint density at radius 2 is 1.11 bits per heavy atom. The van der Waals surface area contributed by atoms with Crippen LogP contribution in [0.2, 0.25) is 0 Å². The molecule has 2 N–H and O–H groups in total. The van der Waals surface area contributed by atoms with E-state index in [2.05, 4.69) is 13.2 Å².